The van der Waals surface area contributed by atoms with E-state index in [1.165, 1.54) is 11.1 Å². The van der Waals surface area contributed by atoms with Gasteiger partial charge in [-0.25, -0.2) is 9.97 Å². The summed E-state index contributed by atoms with van der Waals surface area (Å²) in [5.74, 6) is 1.06. The molecule has 1 aromatic carbocycles. The Hall–Kier alpha value is -1.26. The number of thioether (sulfide) groups is 1. The van der Waals surface area contributed by atoms with Crippen molar-refractivity contribution in [3.05, 3.63) is 46.6 Å². The highest BCUT2D eigenvalue weighted by Crippen LogP contribution is 2.24. The van der Waals surface area contributed by atoms with Crippen LogP contribution >= 0.6 is 23.4 Å². The summed E-state index contributed by atoms with van der Waals surface area (Å²) in [5.41, 5.74) is 8.09. The Labute approximate surface area is 109 Å². The zero-order valence-electron chi connectivity index (χ0n) is 9.35. The second-order valence-corrected chi connectivity index (χ2v) is 4.99. The highest BCUT2D eigenvalue weighted by molar-refractivity contribution is 7.98. The smallest absolute Gasteiger partial charge is 0.222 e. The predicted molar refractivity (Wildman–Crippen MR) is 72.2 cm³/mol. The quantitative estimate of drug-likeness (QED) is 0.683. The molecule has 0 aliphatic carbocycles. The summed E-state index contributed by atoms with van der Waals surface area (Å²) in [6, 6.07) is 9.99. The molecule has 1 aromatic heterocycles. The Kier molecular flexibility index (Phi) is 3.86. The molecule has 17 heavy (non-hydrogen) atoms. The van der Waals surface area contributed by atoms with Gasteiger partial charge in [0, 0.05) is 11.8 Å². The van der Waals surface area contributed by atoms with Crippen molar-refractivity contribution in [3.63, 3.8) is 0 Å². The number of benzene rings is 1. The van der Waals surface area contributed by atoms with E-state index in [-0.39, 0.29) is 5.95 Å². The topological polar surface area (TPSA) is 51.8 Å². The fourth-order valence-electron chi connectivity index (χ4n) is 1.41. The molecular formula is C12H12ClN3S. The molecule has 0 saturated carbocycles. The van der Waals surface area contributed by atoms with Crippen molar-refractivity contribution < 1.29 is 0 Å². The third kappa shape index (κ3) is 3.35. The van der Waals surface area contributed by atoms with Gasteiger partial charge in [0.2, 0.25) is 5.95 Å². The fraction of sp³-hybridized carbons (Fsp3) is 0.167. The van der Waals surface area contributed by atoms with E-state index in [4.69, 9.17) is 17.3 Å². The zero-order chi connectivity index (χ0) is 12.3. The van der Waals surface area contributed by atoms with Gasteiger partial charge in [-0.1, -0.05) is 35.9 Å². The van der Waals surface area contributed by atoms with E-state index in [1.54, 1.807) is 17.8 Å². The van der Waals surface area contributed by atoms with Crippen LogP contribution in [0.5, 0.6) is 0 Å². The number of aromatic nitrogens is 2. The summed E-state index contributed by atoms with van der Waals surface area (Å²) < 4.78 is 0. The molecule has 0 bridgehead atoms. The summed E-state index contributed by atoms with van der Waals surface area (Å²) >= 11 is 7.42. The normalized spacial score (nSPS) is 10.5. The monoisotopic (exact) mass is 265 g/mol. The van der Waals surface area contributed by atoms with Crippen LogP contribution in [-0.2, 0) is 5.75 Å². The maximum absolute atomic E-state index is 5.82. The van der Waals surface area contributed by atoms with Crippen molar-refractivity contribution in [1.29, 1.82) is 0 Å². The average molecular weight is 266 g/mol. The number of rotatable bonds is 3. The molecule has 2 aromatic rings. The molecule has 88 valence electrons. The first kappa shape index (κ1) is 12.2. The second kappa shape index (κ2) is 5.38. The molecule has 2 N–H and O–H groups in total. The highest BCUT2D eigenvalue weighted by Gasteiger charge is 2.03. The molecular weight excluding hydrogens is 254 g/mol. The van der Waals surface area contributed by atoms with Gasteiger partial charge in [-0.15, -0.1) is 11.8 Å². The molecule has 0 saturated heterocycles. The minimum Gasteiger partial charge on any atom is -0.368 e. The van der Waals surface area contributed by atoms with Crippen molar-refractivity contribution in [1.82, 2.24) is 9.97 Å². The molecule has 0 amide bonds. The van der Waals surface area contributed by atoms with Crippen LogP contribution in [0.1, 0.15) is 11.1 Å². The summed E-state index contributed by atoms with van der Waals surface area (Å²) in [5, 5.41) is 1.18. The van der Waals surface area contributed by atoms with Crippen molar-refractivity contribution >= 4 is 29.3 Å². The molecule has 0 unspecified atom stereocenters. The Balaban J connectivity index is 2.10. The second-order valence-electron chi connectivity index (χ2n) is 3.60. The van der Waals surface area contributed by atoms with E-state index >= 15 is 0 Å². The third-order valence-electron chi connectivity index (χ3n) is 2.33. The predicted octanol–water partition coefficient (Wildman–Crippen LogP) is 3.31. The molecule has 5 heteroatoms. The number of hydrogen-bond acceptors (Lipinski definition) is 4. The summed E-state index contributed by atoms with van der Waals surface area (Å²) in [6.45, 7) is 2.09. The Morgan fingerprint density at radius 2 is 2.06 bits per heavy atom. The number of nitrogens with zero attached hydrogens (tertiary/aromatic N) is 2. The van der Waals surface area contributed by atoms with Crippen molar-refractivity contribution in [3.8, 4) is 0 Å². The van der Waals surface area contributed by atoms with Gasteiger partial charge in [0.15, 0.2) is 0 Å². The SMILES string of the molecule is Cc1ccccc1CSc1cc(Cl)nc(N)n1. The Morgan fingerprint density at radius 1 is 1.29 bits per heavy atom. The lowest BCUT2D eigenvalue weighted by Gasteiger charge is -2.05. The summed E-state index contributed by atoms with van der Waals surface area (Å²) in [7, 11) is 0. The van der Waals surface area contributed by atoms with E-state index in [1.807, 2.05) is 12.1 Å². The summed E-state index contributed by atoms with van der Waals surface area (Å²) in [4.78, 5) is 7.95. The standard InChI is InChI=1S/C12H12ClN3S/c1-8-4-2-3-5-9(8)7-17-11-6-10(13)15-12(14)16-11/h2-6H,7H2,1H3,(H2,14,15,16). The van der Waals surface area contributed by atoms with Crippen molar-refractivity contribution in [2.75, 3.05) is 5.73 Å². The Bertz CT molecular complexity index is 511. The number of anilines is 1. The maximum Gasteiger partial charge on any atom is 0.222 e. The lowest BCUT2D eigenvalue weighted by atomic mass is 10.1. The molecule has 0 aliphatic heterocycles. The van der Waals surface area contributed by atoms with Gasteiger partial charge in [-0.2, -0.15) is 0 Å². The Morgan fingerprint density at radius 3 is 2.76 bits per heavy atom. The molecule has 1 heterocycles. The largest absolute Gasteiger partial charge is 0.368 e. The van der Waals surface area contributed by atoms with Gasteiger partial charge in [0.1, 0.15) is 10.2 Å². The van der Waals surface area contributed by atoms with Gasteiger partial charge in [0.05, 0.1) is 0 Å². The van der Waals surface area contributed by atoms with Crippen LogP contribution in [0.3, 0.4) is 0 Å². The molecule has 2 rings (SSSR count). The minimum atomic E-state index is 0.213. The van der Waals surface area contributed by atoms with E-state index in [2.05, 4.69) is 29.0 Å². The molecule has 0 atom stereocenters. The molecule has 0 fully saturated rings. The van der Waals surface area contributed by atoms with Crippen LogP contribution in [0.25, 0.3) is 0 Å². The van der Waals surface area contributed by atoms with Crippen LogP contribution in [0.2, 0.25) is 5.15 Å². The average Bonchev–Trinajstić information content (AvgIpc) is 2.27. The number of hydrogen-bond donors (Lipinski definition) is 1. The molecule has 0 aliphatic rings. The highest BCUT2D eigenvalue weighted by atomic mass is 35.5. The van der Waals surface area contributed by atoms with Crippen molar-refractivity contribution in [2.45, 2.75) is 17.7 Å². The first-order valence-electron chi connectivity index (χ1n) is 5.12. The first-order valence-corrected chi connectivity index (χ1v) is 6.49. The van der Waals surface area contributed by atoms with Crippen LogP contribution < -0.4 is 5.73 Å². The van der Waals surface area contributed by atoms with Crippen LogP contribution in [0.4, 0.5) is 5.95 Å². The molecule has 0 spiro atoms. The number of nitrogen functional groups attached to an aromatic ring is 1. The lowest BCUT2D eigenvalue weighted by Crippen LogP contribution is -1.96. The number of aryl methyl sites for hydroxylation is 1. The van der Waals surface area contributed by atoms with Crippen LogP contribution in [0, 0.1) is 6.92 Å². The summed E-state index contributed by atoms with van der Waals surface area (Å²) in [6.07, 6.45) is 0. The van der Waals surface area contributed by atoms with Gasteiger partial charge < -0.3 is 5.73 Å². The van der Waals surface area contributed by atoms with Gasteiger partial charge in [0.25, 0.3) is 0 Å². The zero-order valence-corrected chi connectivity index (χ0v) is 10.9. The van der Waals surface area contributed by atoms with Gasteiger partial charge in [-0.05, 0) is 18.1 Å². The lowest BCUT2D eigenvalue weighted by molar-refractivity contribution is 1.06. The van der Waals surface area contributed by atoms with E-state index in [0.717, 1.165) is 10.8 Å². The third-order valence-corrected chi connectivity index (χ3v) is 3.48. The van der Waals surface area contributed by atoms with Crippen LogP contribution in [-0.4, -0.2) is 9.97 Å². The van der Waals surface area contributed by atoms with Gasteiger partial charge in [-0.3, -0.25) is 0 Å². The van der Waals surface area contributed by atoms with Crippen molar-refractivity contribution in [2.24, 2.45) is 0 Å². The molecule has 3 nitrogen and oxygen atoms in total. The van der Waals surface area contributed by atoms with Gasteiger partial charge >= 0.3 is 0 Å². The van der Waals surface area contributed by atoms with E-state index < -0.39 is 0 Å². The number of nitrogens with two attached hydrogens (primary N) is 1. The molecule has 0 radical (unpaired) electrons. The first-order chi connectivity index (χ1) is 8.15. The minimum absolute atomic E-state index is 0.213. The van der Waals surface area contributed by atoms with Crippen LogP contribution in [0.15, 0.2) is 35.4 Å². The number of halogens is 1. The maximum atomic E-state index is 5.82. The fourth-order valence-corrected chi connectivity index (χ4v) is 2.65. The van der Waals surface area contributed by atoms with E-state index in [9.17, 15) is 0 Å². The van der Waals surface area contributed by atoms with E-state index in [0.29, 0.717) is 5.15 Å².